The van der Waals surface area contributed by atoms with Crippen molar-refractivity contribution in [2.24, 2.45) is 0 Å². The minimum Gasteiger partial charge on any atom is -0.308 e. The number of carbonyl (C=O) groups excluding carboxylic acids is 1. The predicted octanol–water partition coefficient (Wildman–Crippen LogP) is 2.32. The third kappa shape index (κ3) is 1.49. The van der Waals surface area contributed by atoms with Crippen molar-refractivity contribution in [3.63, 3.8) is 0 Å². The van der Waals surface area contributed by atoms with Crippen LogP contribution in [-0.4, -0.2) is 17.7 Å². The minimum atomic E-state index is -0.0447. The summed E-state index contributed by atoms with van der Waals surface area (Å²) in [5.74, 6) is 0.185. The monoisotopic (exact) mass is 228 g/mol. The van der Waals surface area contributed by atoms with E-state index in [0.29, 0.717) is 12.1 Å². The highest BCUT2D eigenvalue weighted by Crippen LogP contribution is 2.38. The number of aryl methyl sites for hydroxylation is 1. The van der Waals surface area contributed by atoms with Crippen LogP contribution in [0.1, 0.15) is 30.9 Å². The van der Waals surface area contributed by atoms with Crippen LogP contribution in [0.4, 0.5) is 5.69 Å². The van der Waals surface area contributed by atoms with Crippen molar-refractivity contribution >= 4 is 17.3 Å². The van der Waals surface area contributed by atoms with Gasteiger partial charge in [0.05, 0.1) is 11.7 Å². The molecule has 1 unspecified atom stereocenters. The smallest absolute Gasteiger partial charge is 0.227 e. The summed E-state index contributed by atoms with van der Waals surface area (Å²) in [5.41, 5.74) is 4.19. The molecular formula is C14H16N2O. The molecule has 88 valence electrons. The lowest BCUT2D eigenvalue weighted by molar-refractivity contribution is -0.118. The largest absolute Gasteiger partial charge is 0.308 e. The van der Waals surface area contributed by atoms with Crippen molar-refractivity contribution < 1.29 is 4.79 Å². The first-order chi connectivity index (χ1) is 8.18. The number of amides is 1. The van der Waals surface area contributed by atoms with Gasteiger partial charge in [0.25, 0.3) is 0 Å². The fourth-order valence-corrected chi connectivity index (χ4v) is 2.97. The summed E-state index contributed by atoms with van der Waals surface area (Å²) < 4.78 is 0. The predicted molar refractivity (Wildman–Crippen MR) is 67.8 cm³/mol. The molecule has 1 atom stereocenters. The third-order valence-corrected chi connectivity index (χ3v) is 3.77. The van der Waals surface area contributed by atoms with Gasteiger partial charge in [0.2, 0.25) is 5.91 Å². The maximum absolute atomic E-state index is 12.2. The van der Waals surface area contributed by atoms with Gasteiger partial charge < -0.3 is 10.3 Å². The molecule has 3 heteroatoms. The number of rotatable bonds is 1. The summed E-state index contributed by atoms with van der Waals surface area (Å²) >= 11 is 0. The Morgan fingerprint density at radius 3 is 2.88 bits per heavy atom. The SMILES string of the molecule is CC(=N)C1Cc2cccc3c2N1C(=O)CCC3. The first-order valence-electron chi connectivity index (χ1n) is 6.16. The van der Waals surface area contributed by atoms with Gasteiger partial charge in [-0.05, 0) is 30.9 Å². The molecule has 1 amide bonds. The van der Waals surface area contributed by atoms with E-state index in [2.05, 4.69) is 18.2 Å². The van der Waals surface area contributed by atoms with Gasteiger partial charge in [-0.1, -0.05) is 18.2 Å². The molecule has 3 rings (SSSR count). The van der Waals surface area contributed by atoms with Crippen LogP contribution in [0.5, 0.6) is 0 Å². The lowest BCUT2D eigenvalue weighted by atomic mass is 10.0. The van der Waals surface area contributed by atoms with Gasteiger partial charge in [-0.3, -0.25) is 4.79 Å². The minimum absolute atomic E-state index is 0.0447. The number of anilines is 1. The fourth-order valence-electron chi connectivity index (χ4n) is 2.97. The standard InChI is InChI=1S/C14H16N2O/c1-9(15)12-8-11-6-2-4-10-5-3-7-13(17)16(12)14(10)11/h2,4,6,12,15H,3,5,7-8H2,1H3. The second-order valence-corrected chi connectivity index (χ2v) is 4.95. The van der Waals surface area contributed by atoms with E-state index in [4.69, 9.17) is 5.41 Å². The number of hydrogen-bond donors (Lipinski definition) is 1. The summed E-state index contributed by atoms with van der Waals surface area (Å²) in [4.78, 5) is 14.1. The Kier molecular flexibility index (Phi) is 2.28. The topological polar surface area (TPSA) is 44.2 Å². The summed E-state index contributed by atoms with van der Waals surface area (Å²) in [6.07, 6.45) is 3.33. The van der Waals surface area contributed by atoms with E-state index in [9.17, 15) is 4.79 Å². The Balaban J connectivity index is 2.17. The maximum Gasteiger partial charge on any atom is 0.227 e. The first kappa shape index (κ1) is 10.5. The van der Waals surface area contributed by atoms with Crippen molar-refractivity contribution in [2.75, 3.05) is 4.90 Å². The number of hydrogen-bond acceptors (Lipinski definition) is 2. The average molecular weight is 228 g/mol. The second-order valence-electron chi connectivity index (χ2n) is 4.95. The van der Waals surface area contributed by atoms with Crippen LogP contribution >= 0.6 is 0 Å². The van der Waals surface area contributed by atoms with E-state index < -0.39 is 0 Å². The van der Waals surface area contributed by atoms with Crippen LogP contribution in [0.25, 0.3) is 0 Å². The van der Waals surface area contributed by atoms with Crippen LogP contribution < -0.4 is 4.90 Å². The van der Waals surface area contributed by atoms with Crippen molar-refractivity contribution in [3.8, 4) is 0 Å². The molecule has 0 aromatic heterocycles. The van der Waals surface area contributed by atoms with Crippen molar-refractivity contribution in [3.05, 3.63) is 29.3 Å². The van der Waals surface area contributed by atoms with E-state index >= 15 is 0 Å². The molecule has 0 fully saturated rings. The van der Waals surface area contributed by atoms with Gasteiger partial charge in [0.15, 0.2) is 0 Å². The third-order valence-electron chi connectivity index (χ3n) is 3.77. The quantitative estimate of drug-likeness (QED) is 0.736. The van der Waals surface area contributed by atoms with Gasteiger partial charge >= 0.3 is 0 Å². The summed E-state index contributed by atoms with van der Waals surface area (Å²) in [5, 5.41) is 7.86. The van der Waals surface area contributed by atoms with E-state index in [0.717, 1.165) is 24.9 Å². The van der Waals surface area contributed by atoms with Crippen LogP contribution in [0.3, 0.4) is 0 Å². The number of benzene rings is 1. The molecule has 3 nitrogen and oxygen atoms in total. The van der Waals surface area contributed by atoms with Crippen LogP contribution in [0.2, 0.25) is 0 Å². The highest BCUT2D eigenvalue weighted by molar-refractivity contribution is 6.05. The molecule has 2 heterocycles. The first-order valence-corrected chi connectivity index (χ1v) is 6.16. The zero-order valence-electron chi connectivity index (χ0n) is 9.99. The second kappa shape index (κ2) is 3.69. The zero-order valence-corrected chi connectivity index (χ0v) is 9.99. The molecule has 0 bridgehead atoms. The molecule has 1 aromatic rings. The summed E-state index contributed by atoms with van der Waals surface area (Å²) in [6, 6.07) is 6.24. The Labute approximate surface area is 101 Å². The zero-order chi connectivity index (χ0) is 12.0. The maximum atomic E-state index is 12.2. The summed E-state index contributed by atoms with van der Waals surface area (Å²) in [7, 11) is 0. The van der Waals surface area contributed by atoms with Crippen molar-refractivity contribution in [2.45, 2.75) is 38.6 Å². The van der Waals surface area contributed by atoms with Crippen LogP contribution in [-0.2, 0) is 17.6 Å². The highest BCUT2D eigenvalue weighted by atomic mass is 16.2. The number of nitrogens with one attached hydrogen (secondary N) is 1. The number of carbonyl (C=O) groups is 1. The van der Waals surface area contributed by atoms with E-state index in [1.165, 1.54) is 11.1 Å². The van der Waals surface area contributed by atoms with Crippen molar-refractivity contribution in [1.82, 2.24) is 0 Å². The number of nitrogens with zero attached hydrogens (tertiary/aromatic N) is 1. The van der Waals surface area contributed by atoms with Gasteiger partial charge in [0, 0.05) is 18.6 Å². The molecule has 1 aromatic carbocycles. The van der Waals surface area contributed by atoms with Gasteiger partial charge in [0.1, 0.15) is 0 Å². The lowest BCUT2D eigenvalue weighted by Crippen LogP contribution is -2.41. The van der Waals surface area contributed by atoms with Crippen molar-refractivity contribution in [1.29, 1.82) is 5.41 Å². The fraction of sp³-hybridized carbons (Fsp3) is 0.429. The molecular weight excluding hydrogens is 212 g/mol. The highest BCUT2D eigenvalue weighted by Gasteiger charge is 2.37. The number of para-hydroxylation sites is 1. The Morgan fingerprint density at radius 1 is 1.35 bits per heavy atom. The Morgan fingerprint density at radius 2 is 2.12 bits per heavy atom. The van der Waals surface area contributed by atoms with Gasteiger partial charge in [-0.15, -0.1) is 0 Å². The normalized spacial score (nSPS) is 22.3. The van der Waals surface area contributed by atoms with E-state index in [1.807, 2.05) is 4.90 Å². The molecule has 0 spiro atoms. The van der Waals surface area contributed by atoms with Gasteiger partial charge in [-0.25, -0.2) is 0 Å². The molecule has 1 N–H and O–H groups in total. The van der Waals surface area contributed by atoms with Crippen LogP contribution in [0.15, 0.2) is 18.2 Å². The lowest BCUT2D eigenvalue weighted by Gasteiger charge is -2.24. The van der Waals surface area contributed by atoms with E-state index in [1.54, 1.807) is 6.92 Å². The summed E-state index contributed by atoms with van der Waals surface area (Å²) in [6.45, 7) is 1.80. The molecule has 0 saturated carbocycles. The molecule has 2 aliphatic rings. The molecule has 0 saturated heterocycles. The molecule has 0 radical (unpaired) electrons. The molecule has 2 aliphatic heterocycles. The molecule has 17 heavy (non-hydrogen) atoms. The average Bonchev–Trinajstić information content (AvgIpc) is 2.60. The van der Waals surface area contributed by atoms with E-state index in [-0.39, 0.29) is 11.9 Å². The van der Waals surface area contributed by atoms with Crippen LogP contribution in [0, 0.1) is 5.41 Å². The Hall–Kier alpha value is -1.64. The van der Waals surface area contributed by atoms with Gasteiger partial charge in [-0.2, -0.15) is 0 Å². The Bertz CT molecular complexity index is 507. The molecule has 0 aliphatic carbocycles.